The first-order chi connectivity index (χ1) is 18.1. The summed E-state index contributed by atoms with van der Waals surface area (Å²) in [6.45, 7) is 3.52. The molecule has 1 aliphatic rings. The lowest BCUT2D eigenvalue weighted by molar-refractivity contribution is 0.0949. The van der Waals surface area contributed by atoms with Crippen LogP contribution in [0.3, 0.4) is 0 Å². The Balaban J connectivity index is 1.55. The minimum absolute atomic E-state index is 0.0622. The molecule has 3 aromatic rings. The van der Waals surface area contributed by atoms with E-state index in [2.05, 4.69) is 14.7 Å². The van der Waals surface area contributed by atoms with Crippen molar-refractivity contribution in [3.8, 4) is 11.9 Å². The number of benzene rings is 1. The molecule has 4 rings (SSSR count). The van der Waals surface area contributed by atoms with E-state index >= 15 is 0 Å². The summed E-state index contributed by atoms with van der Waals surface area (Å²) in [5.74, 6) is -0.408. The number of fused-ring (bicyclic) bond motifs is 1. The number of carbonyl (C=O) groups is 1. The van der Waals surface area contributed by atoms with Gasteiger partial charge in [-0.3, -0.25) is 9.59 Å². The fraction of sp³-hybridized carbons (Fsp3) is 0.346. The number of carbonyl (C=O) groups excluding carboxylic acids is 1. The summed E-state index contributed by atoms with van der Waals surface area (Å²) in [7, 11) is -2.39. The number of pyridine rings is 2. The molecule has 0 aliphatic heterocycles. The van der Waals surface area contributed by atoms with Gasteiger partial charge in [-0.1, -0.05) is 12.1 Å². The third kappa shape index (κ3) is 5.38. The van der Waals surface area contributed by atoms with Gasteiger partial charge in [-0.05, 0) is 49.6 Å². The predicted molar refractivity (Wildman–Crippen MR) is 140 cm³/mol. The van der Waals surface area contributed by atoms with Gasteiger partial charge in [0.1, 0.15) is 22.4 Å². The fourth-order valence-corrected chi connectivity index (χ4v) is 5.37. The van der Waals surface area contributed by atoms with Gasteiger partial charge in [0.25, 0.3) is 21.5 Å². The van der Waals surface area contributed by atoms with E-state index in [4.69, 9.17) is 14.7 Å². The van der Waals surface area contributed by atoms with Gasteiger partial charge in [0.15, 0.2) is 5.90 Å². The zero-order chi connectivity index (χ0) is 27.5. The molecular formula is C26H27N5O6S. The first-order valence-electron chi connectivity index (χ1n) is 11.9. The molecule has 0 bridgehead atoms. The van der Waals surface area contributed by atoms with Crippen molar-refractivity contribution in [2.24, 2.45) is 11.4 Å². The molecule has 11 nitrogen and oxygen atoms in total. The van der Waals surface area contributed by atoms with Crippen LogP contribution in [0.5, 0.6) is 5.88 Å². The van der Waals surface area contributed by atoms with Crippen molar-refractivity contribution in [1.29, 1.82) is 5.26 Å². The lowest BCUT2D eigenvalue weighted by Gasteiger charge is -2.17. The van der Waals surface area contributed by atoms with E-state index in [-0.39, 0.29) is 30.5 Å². The number of rotatable bonds is 9. The van der Waals surface area contributed by atoms with E-state index in [0.717, 1.165) is 5.56 Å². The molecule has 1 N–H and O–H groups in total. The molecule has 0 atom stereocenters. The van der Waals surface area contributed by atoms with E-state index in [1.54, 1.807) is 37.3 Å². The molecular weight excluding hydrogens is 510 g/mol. The number of aryl methyl sites for hydroxylation is 1. The molecule has 1 aromatic carbocycles. The van der Waals surface area contributed by atoms with Crippen LogP contribution < -0.4 is 15.6 Å². The lowest BCUT2D eigenvalue weighted by atomic mass is 10.1. The summed E-state index contributed by atoms with van der Waals surface area (Å²) in [5, 5.41) is 12.2. The van der Waals surface area contributed by atoms with Crippen molar-refractivity contribution in [2.75, 3.05) is 13.2 Å². The number of hydrogen-bond donors (Lipinski definition) is 1. The largest absolute Gasteiger partial charge is 0.481 e. The highest BCUT2D eigenvalue weighted by molar-refractivity contribution is 7.92. The van der Waals surface area contributed by atoms with E-state index in [9.17, 15) is 18.0 Å². The van der Waals surface area contributed by atoms with Crippen molar-refractivity contribution >= 4 is 32.7 Å². The Morgan fingerprint density at radius 3 is 2.61 bits per heavy atom. The van der Waals surface area contributed by atoms with Crippen LogP contribution in [0.25, 0.3) is 10.9 Å². The topological polar surface area (TPSA) is 153 Å². The first kappa shape index (κ1) is 26.8. The van der Waals surface area contributed by atoms with Crippen LogP contribution >= 0.6 is 0 Å². The molecule has 0 spiro atoms. The quantitative estimate of drug-likeness (QED) is 0.323. The van der Waals surface area contributed by atoms with E-state index in [1.807, 2.05) is 6.07 Å². The third-order valence-corrected chi connectivity index (χ3v) is 8.42. The molecule has 38 heavy (non-hydrogen) atoms. The highest BCUT2D eigenvalue weighted by Gasteiger charge is 2.56. The van der Waals surface area contributed by atoms with E-state index in [1.165, 1.54) is 30.8 Å². The van der Waals surface area contributed by atoms with Gasteiger partial charge in [0.05, 0.1) is 18.2 Å². The Kier molecular flexibility index (Phi) is 7.50. The van der Waals surface area contributed by atoms with Crippen LogP contribution in [0.1, 0.15) is 48.2 Å². The van der Waals surface area contributed by atoms with Gasteiger partial charge >= 0.3 is 0 Å². The van der Waals surface area contributed by atoms with Crippen molar-refractivity contribution in [3.05, 3.63) is 69.6 Å². The molecule has 0 unspecified atom stereocenters. The normalized spacial score (nSPS) is 14.5. The SMILES string of the molecule is CCO/C(C)=N\S(=O)(=O)C1(COc2nccc3cc(C(=O)NCc4ccc(C#N)cc4)c(=O)n(C)c23)CC1. The van der Waals surface area contributed by atoms with Crippen LogP contribution in [0.2, 0.25) is 0 Å². The number of hydrogen-bond acceptors (Lipinski definition) is 8. The van der Waals surface area contributed by atoms with Crippen LogP contribution in [-0.4, -0.2) is 47.7 Å². The molecule has 0 radical (unpaired) electrons. The summed E-state index contributed by atoms with van der Waals surface area (Å²) in [6.07, 6.45) is 2.23. The second-order valence-corrected chi connectivity index (χ2v) is 11.0. The Morgan fingerprint density at radius 1 is 1.26 bits per heavy atom. The first-order valence-corrected chi connectivity index (χ1v) is 13.4. The number of ether oxygens (including phenoxy) is 2. The smallest absolute Gasteiger partial charge is 0.265 e. The number of sulfonamides is 1. The van der Waals surface area contributed by atoms with Crippen molar-refractivity contribution in [1.82, 2.24) is 14.9 Å². The van der Waals surface area contributed by atoms with Gasteiger partial charge < -0.3 is 19.4 Å². The summed E-state index contributed by atoms with van der Waals surface area (Å²) >= 11 is 0. The van der Waals surface area contributed by atoms with Crippen molar-refractivity contribution < 1.29 is 22.7 Å². The second-order valence-electron chi connectivity index (χ2n) is 8.96. The average molecular weight is 538 g/mol. The predicted octanol–water partition coefficient (Wildman–Crippen LogP) is 2.43. The fourth-order valence-electron chi connectivity index (χ4n) is 3.96. The number of nitrogens with one attached hydrogen (secondary N) is 1. The van der Waals surface area contributed by atoms with Gasteiger partial charge in [0, 0.05) is 32.1 Å². The standard InChI is InChI=1S/C26H27N5O6S/c1-4-36-17(2)30-38(34,35)26(10-11-26)16-37-24-22-20(9-12-28-24)13-21(25(33)31(22)3)23(32)29-15-19-7-5-18(14-27)6-8-19/h5-9,12-13H,4,10-11,15-16H2,1-3H3,(H,29,32)/b30-17-. The molecule has 1 fully saturated rings. The molecule has 1 amide bonds. The van der Waals surface area contributed by atoms with Crippen LogP contribution in [0.4, 0.5) is 0 Å². The zero-order valence-electron chi connectivity index (χ0n) is 21.2. The maximum Gasteiger partial charge on any atom is 0.265 e. The second kappa shape index (κ2) is 10.6. The third-order valence-electron chi connectivity index (χ3n) is 6.30. The highest BCUT2D eigenvalue weighted by Crippen LogP contribution is 2.45. The maximum absolute atomic E-state index is 13.1. The number of nitrogens with zero attached hydrogens (tertiary/aromatic N) is 4. The van der Waals surface area contributed by atoms with E-state index < -0.39 is 26.2 Å². The average Bonchev–Trinajstić information content (AvgIpc) is 3.70. The van der Waals surface area contributed by atoms with Gasteiger partial charge in [0.2, 0.25) is 5.88 Å². The van der Waals surface area contributed by atoms with Crippen molar-refractivity contribution in [2.45, 2.75) is 38.0 Å². The Bertz CT molecular complexity index is 1620. The molecule has 2 aromatic heterocycles. The Hall–Kier alpha value is -4.24. The van der Waals surface area contributed by atoms with Crippen LogP contribution in [0.15, 0.2) is 51.8 Å². The maximum atomic E-state index is 13.1. The molecule has 1 aliphatic carbocycles. The monoisotopic (exact) mass is 537 g/mol. The van der Waals surface area contributed by atoms with Crippen LogP contribution in [0, 0.1) is 11.3 Å². The zero-order valence-corrected chi connectivity index (χ0v) is 22.0. The number of nitriles is 1. The van der Waals surface area contributed by atoms with Gasteiger partial charge in [-0.2, -0.15) is 5.26 Å². The number of aromatic nitrogens is 2. The minimum Gasteiger partial charge on any atom is -0.481 e. The summed E-state index contributed by atoms with van der Waals surface area (Å²) in [6, 6.07) is 11.9. The van der Waals surface area contributed by atoms with Gasteiger partial charge in [-0.25, -0.2) is 13.4 Å². The summed E-state index contributed by atoms with van der Waals surface area (Å²) < 4.78 is 40.6. The molecule has 12 heteroatoms. The minimum atomic E-state index is -3.89. The van der Waals surface area contributed by atoms with Gasteiger partial charge in [-0.15, -0.1) is 4.40 Å². The highest BCUT2D eigenvalue weighted by atomic mass is 32.2. The Morgan fingerprint density at radius 2 is 1.97 bits per heavy atom. The van der Waals surface area contributed by atoms with E-state index in [0.29, 0.717) is 35.9 Å². The van der Waals surface area contributed by atoms with Crippen LogP contribution in [-0.2, 0) is 28.4 Å². The molecule has 2 heterocycles. The molecule has 198 valence electrons. The van der Waals surface area contributed by atoms with Crippen molar-refractivity contribution in [3.63, 3.8) is 0 Å². The summed E-state index contributed by atoms with van der Waals surface area (Å²) in [4.78, 5) is 30.1. The molecule has 0 saturated heterocycles. The molecule has 1 saturated carbocycles. The number of amides is 1. The lowest BCUT2D eigenvalue weighted by Crippen LogP contribution is -2.32. The summed E-state index contributed by atoms with van der Waals surface area (Å²) in [5.41, 5.74) is 1.00. The Labute approximate surface area is 219 Å².